The number of benzene rings is 1. The highest BCUT2D eigenvalue weighted by molar-refractivity contribution is 7.99. The standard InChI is InChI=1S/C12H12F2N2S/c13-10-5-8(7-15)6-11(14)12(10)16-9-1-3-17-4-2-9/h5-6,9,16H,1-4H2. The molecule has 0 aliphatic carbocycles. The Kier molecular flexibility index (Phi) is 3.85. The van der Waals surface area contributed by atoms with Gasteiger partial charge in [0, 0.05) is 6.04 Å². The van der Waals surface area contributed by atoms with E-state index in [1.165, 1.54) is 0 Å². The number of rotatable bonds is 2. The van der Waals surface area contributed by atoms with Gasteiger partial charge >= 0.3 is 0 Å². The molecule has 1 fully saturated rings. The average Bonchev–Trinajstić information content (AvgIpc) is 2.35. The second-order valence-electron chi connectivity index (χ2n) is 3.96. The highest BCUT2D eigenvalue weighted by Crippen LogP contribution is 2.25. The Morgan fingerprint density at radius 1 is 1.24 bits per heavy atom. The summed E-state index contributed by atoms with van der Waals surface area (Å²) in [5, 5.41) is 11.5. The highest BCUT2D eigenvalue weighted by atomic mass is 32.2. The largest absolute Gasteiger partial charge is 0.378 e. The lowest BCUT2D eigenvalue weighted by molar-refractivity contribution is 0.574. The van der Waals surface area contributed by atoms with Gasteiger partial charge in [-0.05, 0) is 36.5 Å². The van der Waals surface area contributed by atoms with E-state index in [1.807, 2.05) is 11.8 Å². The van der Waals surface area contributed by atoms with E-state index in [2.05, 4.69) is 5.32 Å². The Morgan fingerprint density at radius 2 is 1.82 bits per heavy atom. The Morgan fingerprint density at radius 3 is 2.35 bits per heavy atom. The molecular weight excluding hydrogens is 242 g/mol. The Hall–Kier alpha value is -1.28. The third-order valence-electron chi connectivity index (χ3n) is 2.74. The molecule has 1 saturated heterocycles. The Balaban J connectivity index is 2.18. The monoisotopic (exact) mass is 254 g/mol. The lowest BCUT2D eigenvalue weighted by Crippen LogP contribution is -2.25. The summed E-state index contributed by atoms with van der Waals surface area (Å²) in [6.07, 6.45) is 1.81. The number of nitriles is 1. The van der Waals surface area contributed by atoms with E-state index in [0.717, 1.165) is 36.5 Å². The van der Waals surface area contributed by atoms with Crippen LogP contribution in [0, 0.1) is 23.0 Å². The van der Waals surface area contributed by atoms with Crippen LogP contribution in [-0.4, -0.2) is 17.5 Å². The minimum Gasteiger partial charge on any atom is -0.378 e. The van der Waals surface area contributed by atoms with E-state index in [-0.39, 0.29) is 17.3 Å². The molecule has 0 aromatic heterocycles. The van der Waals surface area contributed by atoms with Crippen molar-refractivity contribution in [3.63, 3.8) is 0 Å². The summed E-state index contributed by atoms with van der Waals surface area (Å²) in [4.78, 5) is 0. The van der Waals surface area contributed by atoms with Crippen molar-refractivity contribution in [2.45, 2.75) is 18.9 Å². The van der Waals surface area contributed by atoms with Crippen molar-refractivity contribution in [3.05, 3.63) is 29.3 Å². The molecule has 0 amide bonds. The predicted octanol–water partition coefficient (Wildman–Crippen LogP) is 3.14. The van der Waals surface area contributed by atoms with Crippen LogP contribution in [-0.2, 0) is 0 Å². The number of hydrogen-bond donors (Lipinski definition) is 1. The van der Waals surface area contributed by atoms with Crippen molar-refractivity contribution in [2.75, 3.05) is 16.8 Å². The van der Waals surface area contributed by atoms with Crippen LogP contribution in [0.3, 0.4) is 0 Å². The number of halogens is 2. The molecule has 2 nitrogen and oxygen atoms in total. The van der Waals surface area contributed by atoms with Gasteiger partial charge in [0.1, 0.15) is 5.69 Å². The molecule has 0 bridgehead atoms. The smallest absolute Gasteiger partial charge is 0.150 e. The van der Waals surface area contributed by atoms with Crippen LogP contribution >= 0.6 is 11.8 Å². The van der Waals surface area contributed by atoms with Gasteiger partial charge < -0.3 is 5.32 Å². The van der Waals surface area contributed by atoms with Crippen LogP contribution in [0.1, 0.15) is 18.4 Å². The molecule has 90 valence electrons. The van der Waals surface area contributed by atoms with Gasteiger partial charge in [-0.2, -0.15) is 17.0 Å². The normalized spacial score (nSPS) is 16.5. The summed E-state index contributed by atoms with van der Waals surface area (Å²) in [5.41, 5.74) is -0.106. The summed E-state index contributed by atoms with van der Waals surface area (Å²) >= 11 is 1.85. The maximum atomic E-state index is 13.6. The molecule has 1 heterocycles. The first kappa shape index (κ1) is 12.2. The third kappa shape index (κ3) is 2.89. The van der Waals surface area contributed by atoms with Crippen molar-refractivity contribution < 1.29 is 8.78 Å². The van der Waals surface area contributed by atoms with E-state index in [0.29, 0.717) is 0 Å². The number of nitrogens with zero attached hydrogens (tertiary/aromatic N) is 1. The van der Waals surface area contributed by atoms with Crippen molar-refractivity contribution in [1.82, 2.24) is 0 Å². The Labute approximate surface area is 103 Å². The highest BCUT2D eigenvalue weighted by Gasteiger charge is 2.18. The second kappa shape index (κ2) is 5.37. The van der Waals surface area contributed by atoms with E-state index >= 15 is 0 Å². The average molecular weight is 254 g/mol. The van der Waals surface area contributed by atoms with Crippen LogP contribution in [0.4, 0.5) is 14.5 Å². The molecule has 5 heteroatoms. The van der Waals surface area contributed by atoms with Crippen molar-refractivity contribution >= 4 is 17.4 Å². The Bertz CT molecular complexity index is 427. The quantitative estimate of drug-likeness (QED) is 0.880. The van der Waals surface area contributed by atoms with Gasteiger partial charge in [0.05, 0.1) is 11.6 Å². The van der Waals surface area contributed by atoms with E-state index in [4.69, 9.17) is 5.26 Å². The van der Waals surface area contributed by atoms with Crippen molar-refractivity contribution in [3.8, 4) is 6.07 Å². The minimum absolute atomic E-state index is 0.00440. The van der Waals surface area contributed by atoms with Crippen LogP contribution in [0.15, 0.2) is 12.1 Å². The van der Waals surface area contributed by atoms with E-state index in [9.17, 15) is 8.78 Å². The maximum absolute atomic E-state index is 13.6. The molecule has 0 saturated carbocycles. The topological polar surface area (TPSA) is 35.8 Å². The number of nitrogens with one attached hydrogen (secondary N) is 1. The molecule has 1 aromatic carbocycles. The molecule has 1 N–H and O–H groups in total. The maximum Gasteiger partial charge on any atom is 0.150 e. The first-order valence-electron chi connectivity index (χ1n) is 5.44. The van der Waals surface area contributed by atoms with E-state index < -0.39 is 11.6 Å². The lowest BCUT2D eigenvalue weighted by atomic mass is 10.1. The zero-order valence-corrected chi connectivity index (χ0v) is 9.99. The van der Waals surface area contributed by atoms with Gasteiger partial charge in [-0.25, -0.2) is 8.78 Å². The zero-order valence-electron chi connectivity index (χ0n) is 9.17. The first-order valence-corrected chi connectivity index (χ1v) is 6.59. The van der Waals surface area contributed by atoms with Crippen LogP contribution in [0.5, 0.6) is 0 Å². The molecule has 1 aromatic rings. The van der Waals surface area contributed by atoms with Gasteiger partial charge in [-0.15, -0.1) is 0 Å². The van der Waals surface area contributed by atoms with Crippen molar-refractivity contribution in [1.29, 1.82) is 5.26 Å². The second-order valence-corrected chi connectivity index (χ2v) is 5.18. The SMILES string of the molecule is N#Cc1cc(F)c(NC2CCSCC2)c(F)c1. The van der Waals surface area contributed by atoms with Gasteiger partial charge in [0.2, 0.25) is 0 Å². The summed E-state index contributed by atoms with van der Waals surface area (Å²) in [6, 6.07) is 3.96. The third-order valence-corrected chi connectivity index (χ3v) is 3.79. The number of hydrogen-bond acceptors (Lipinski definition) is 3. The predicted molar refractivity (Wildman–Crippen MR) is 65.0 cm³/mol. The van der Waals surface area contributed by atoms with Gasteiger partial charge in [-0.3, -0.25) is 0 Å². The fourth-order valence-corrected chi connectivity index (χ4v) is 2.93. The molecule has 1 aliphatic heterocycles. The van der Waals surface area contributed by atoms with Crippen molar-refractivity contribution in [2.24, 2.45) is 0 Å². The summed E-state index contributed by atoms with van der Waals surface area (Å²) < 4.78 is 27.2. The molecule has 0 unspecified atom stereocenters. The van der Waals surface area contributed by atoms with Crippen LogP contribution in [0.25, 0.3) is 0 Å². The lowest BCUT2D eigenvalue weighted by Gasteiger charge is -2.24. The van der Waals surface area contributed by atoms with Gasteiger partial charge in [0.25, 0.3) is 0 Å². The molecule has 17 heavy (non-hydrogen) atoms. The zero-order chi connectivity index (χ0) is 12.3. The van der Waals surface area contributed by atoms with Gasteiger partial charge in [0.15, 0.2) is 11.6 Å². The summed E-state index contributed by atoms with van der Waals surface area (Å²) in [6.45, 7) is 0. The molecule has 2 rings (SSSR count). The van der Waals surface area contributed by atoms with Gasteiger partial charge in [-0.1, -0.05) is 0 Å². The molecular formula is C12H12F2N2S. The molecule has 0 atom stereocenters. The fraction of sp³-hybridized carbons (Fsp3) is 0.417. The van der Waals surface area contributed by atoms with Crippen LogP contribution < -0.4 is 5.32 Å². The first-order chi connectivity index (χ1) is 8.20. The number of anilines is 1. The summed E-state index contributed by atoms with van der Waals surface area (Å²) in [7, 11) is 0. The molecule has 0 spiro atoms. The fourth-order valence-electron chi connectivity index (χ4n) is 1.82. The summed E-state index contributed by atoms with van der Waals surface area (Å²) in [5.74, 6) is 0.633. The van der Waals surface area contributed by atoms with E-state index in [1.54, 1.807) is 6.07 Å². The van der Waals surface area contributed by atoms with Crippen LogP contribution in [0.2, 0.25) is 0 Å². The minimum atomic E-state index is -0.695. The molecule has 0 radical (unpaired) electrons. The number of thioether (sulfide) groups is 1. The molecule has 1 aliphatic rings.